The van der Waals surface area contributed by atoms with Crippen molar-refractivity contribution < 1.29 is 0 Å². The second-order valence-corrected chi connectivity index (χ2v) is 4.18. The van der Waals surface area contributed by atoms with Crippen molar-refractivity contribution in [3.8, 4) is 0 Å². The van der Waals surface area contributed by atoms with Crippen molar-refractivity contribution in [1.82, 2.24) is 4.90 Å². The maximum atomic E-state index is 4.37. The summed E-state index contributed by atoms with van der Waals surface area (Å²) in [5, 5.41) is 0. The summed E-state index contributed by atoms with van der Waals surface area (Å²) in [5.74, 6) is 0. The average Bonchev–Trinajstić information content (AvgIpc) is 2.03. The van der Waals surface area contributed by atoms with E-state index in [0.29, 0.717) is 0 Å². The molecule has 0 saturated carbocycles. The number of hydrogen-bond donors (Lipinski definition) is 0. The van der Waals surface area contributed by atoms with Gasteiger partial charge in [0.1, 0.15) is 0 Å². The zero-order chi connectivity index (χ0) is 9.56. The van der Waals surface area contributed by atoms with Gasteiger partial charge in [0.05, 0.1) is 0 Å². The Kier molecular flexibility index (Phi) is 6.01. The molecular weight excluding hydrogens is 180 g/mol. The molecule has 0 aliphatic carbocycles. The van der Waals surface area contributed by atoms with E-state index in [2.05, 4.69) is 36.9 Å². The summed E-state index contributed by atoms with van der Waals surface area (Å²) in [6.45, 7) is 4.21. The minimum absolute atomic E-state index is 1.01. The number of rotatable bonds is 4. The van der Waals surface area contributed by atoms with Crippen molar-refractivity contribution >= 4 is 26.2 Å². The zero-order valence-electron chi connectivity index (χ0n) is 8.89. The highest BCUT2D eigenvalue weighted by Gasteiger charge is 1.94. The maximum absolute atomic E-state index is 4.37. The van der Waals surface area contributed by atoms with Gasteiger partial charge in [-0.15, -0.1) is 0 Å². The first-order valence-corrected chi connectivity index (χ1v) is 7.35. The van der Waals surface area contributed by atoms with Crippen LogP contribution in [-0.2, 0) is 0 Å². The lowest BCUT2D eigenvalue weighted by molar-refractivity contribution is 0.490. The van der Waals surface area contributed by atoms with Gasteiger partial charge in [-0.1, -0.05) is 0 Å². The maximum Gasteiger partial charge on any atom is 0.0330 e. The molecule has 0 bridgehead atoms. The van der Waals surface area contributed by atoms with E-state index in [1.165, 1.54) is 22.1 Å². The Balaban J connectivity index is 4.24. The van der Waals surface area contributed by atoms with Crippen molar-refractivity contribution in [2.24, 2.45) is 4.99 Å². The Labute approximate surface area is 81.6 Å². The van der Waals surface area contributed by atoms with Crippen LogP contribution >= 0.6 is 0 Å². The quantitative estimate of drug-likeness (QED) is 0.417. The lowest BCUT2D eigenvalue weighted by Gasteiger charge is -2.16. The Morgan fingerprint density at radius 2 is 2.00 bits per heavy atom. The average molecular weight is 200 g/mol. The zero-order valence-corrected chi connectivity index (χ0v) is 12.9. The summed E-state index contributed by atoms with van der Waals surface area (Å²) in [6.07, 6.45) is 4.37. The predicted molar refractivity (Wildman–Crippen MR) is 64.2 cm³/mol. The summed E-state index contributed by atoms with van der Waals surface area (Å²) in [5.41, 5.74) is 2.48. The standard InChI is InChI=1S/C8H20N2Si2/c1-7(9-5-11)4-8(2)10(3)6-12/h4H,5-6H2,1-3,11-12H3/b8-4-,9-7?. The molecule has 0 spiro atoms. The van der Waals surface area contributed by atoms with Gasteiger partial charge in [0, 0.05) is 51.3 Å². The van der Waals surface area contributed by atoms with Crippen molar-refractivity contribution in [2.75, 3.05) is 19.4 Å². The minimum Gasteiger partial charge on any atom is -0.382 e. The Morgan fingerprint density at radius 1 is 1.42 bits per heavy atom. The molecule has 0 atom stereocenters. The first-order chi connectivity index (χ1) is 5.61. The van der Waals surface area contributed by atoms with Crippen LogP contribution in [-0.4, -0.2) is 50.5 Å². The largest absolute Gasteiger partial charge is 0.382 e. The number of hydrogen-bond acceptors (Lipinski definition) is 2. The van der Waals surface area contributed by atoms with Gasteiger partial charge in [0.15, 0.2) is 0 Å². The fourth-order valence-corrected chi connectivity index (χ4v) is 1.95. The van der Waals surface area contributed by atoms with E-state index in [0.717, 1.165) is 22.1 Å². The fourth-order valence-electron chi connectivity index (χ4n) is 0.957. The molecule has 70 valence electrons. The molecule has 0 amide bonds. The van der Waals surface area contributed by atoms with Gasteiger partial charge in [-0.2, -0.15) is 0 Å². The van der Waals surface area contributed by atoms with Gasteiger partial charge >= 0.3 is 0 Å². The molecule has 0 aliphatic heterocycles. The van der Waals surface area contributed by atoms with Crippen LogP contribution in [0.25, 0.3) is 0 Å². The van der Waals surface area contributed by atoms with E-state index >= 15 is 0 Å². The minimum atomic E-state index is 1.01. The molecule has 0 aromatic carbocycles. The monoisotopic (exact) mass is 200 g/mol. The van der Waals surface area contributed by atoms with Crippen LogP contribution in [0, 0.1) is 0 Å². The molecule has 0 heterocycles. The van der Waals surface area contributed by atoms with Crippen LogP contribution in [0.1, 0.15) is 13.8 Å². The highest BCUT2D eigenvalue weighted by molar-refractivity contribution is 6.10. The van der Waals surface area contributed by atoms with E-state index in [1.54, 1.807) is 0 Å². The summed E-state index contributed by atoms with van der Waals surface area (Å²) < 4.78 is 0. The molecular formula is C8H20N2Si2. The molecule has 0 rings (SSSR count). The van der Waals surface area contributed by atoms with Crippen molar-refractivity contribution in [2.45, 2.75) is 13.8 Å². The van der Waals surface area contributed by atoms with Crippen LogP contribution in [0.3, 0.4) is 0 Å². The molecule has 12 heavy (non-hydrogen) atoms. The van der Waals surface area contributed by atoms with E-state index < -0.39 is 0 Å². The molecule has 0 unspecified atom stereocenters. The molecule has 4 heteroatoms. The van der Waals surface area contributed by atoms with Crippen molar-refractivity contribution in [1.29, 1.82) is 0 Å². The third-order valence-corrected chi connectivity index (χ3v) is 3.17. The van der Waals surface area contributed by atoms with E-state index in [1.807, 2.05) is 0 Å². The Hall–Kier alpha value is -0.356. The van der Waals surface area contributed by atoms with Crippen molar-refractivity contribution in [3.05, 3.63) is 11.8 Å². The summed E-state index contributed by atoms with van der Waals surface area (Å²) in [7, 11) is 4.52. The first-order valence-electron chi connectivity index (χ1n) is 4.52. The van der Waals surface area contributed by atoms with Crippen LogP contribution in [0.4, 0.5) is 0 Å². The molecule has 0 aromatic rings. The molecule has 0 fully saturated rings. The van der Waals surface area contributed by atoms with Gasteiger partial charge in [0.25, 0.3) is 0 Å². The molecule has 0 radical (unpaired) electrons. The van der Waals surface area contributed by atoms with E-state index in [9.17, 15) is 0 Å². The lowest BCUT2D eigenvalue weighted by Crippen LogP contribution is -2.17. The van der Waals surface area contributed by atoms with Crippen LogP contribution in [0.15, 0.2) is 16.8 Å². The summed E-state index contributed by atoms with van der Waals surface area (Å²) >= 11 is 0. The summed E-state index contributed by atoms with van der Waals surface area (Å²) in [4.78, 5) is 6.64. The highest BCUT2D eigenvalue weighted by Crippen LogP contribution is 1.98. The number of nitrogens with zero attached hydrogens (tertiary/aromatic N) is 2. The van der Waals surface area contributed by atoms with Crippen LogP contribution < -0.4 is 0 Å². The lowest BCUT2D eigenvalue weighted by atomic mass is 10.3. The number of aliphatic imine (C=N–C) groups is 1. The molecule has 0 aromatic heterocycles. The molecule has 2 nitrogen and oxygen atoms in total. The third-order valence-electron chi connectivity index (χ3n) is 1.90. The van der Waals surface area contributed by atoms with Gasteiger partial charge in [-0.25, -0.2) is 0 Å². The SMILES string of the molecule is CC(/C=C(/C)N(C)C[SiH3])=NC[SiH3]. The van der Waals surface area contributed by atoms with E-state index in [4.69, 9.17) is 0 Å². The second kappa shape index (κ2) is 6.19. The van der Waals surface area contributed by atoms with Gasteiger partial charge in [-0.05, 0) is 19.9 Å². The van der Waals surface area contributed by atoms with Gasteiger partial charge < -0.3 is 4.90 Å². The molecule has 0 N–H and O–H groups in total. The number of allylic oxidation sites excluding steroid dienone is 2. The Bertz CT molecular complexity index is 187. The van der Waals surface area contributed by atoms with Crippen molar-refractivity contribution in [3.63, 3.8) is 0 Å². The van der Waals surface area contributed by atoms with Crippen LogP contribution in [0.2, 0.25) is 0 Å². The van der Waals surface area contributed by atoms with Crippen LogP contribution in [0.5, 0.6) is 0 Å². The smallest absolute Gasteiger partial charge is 0.0330 e. The highest BCUT2D eigenvalue weighted by atomic mass is 28.1. The third kappa shape index (κ3) is 4.51. The summed E-state index contributed by atoms with van der Waals surface area (Å²) in [6, 6.07) is 0. The van der Waals surface area contributed by atoms with Gasteiger partial charge in [-0.3, -0.25) is 4.99 Å². The predicted octanol–water partition coefficient (Wildman–Crippen LogP) is -1.07. The fraction of sp³-hybridized carbons (Fsp3) is 0.625. The topological polar surface area (TPSA) is 15.6 Å². The molecule has 0 saturated heterocycles. The van der Waals surface area contributed by atoms with E-state index in [-0.39, 0.29) is 0 Å². The van der Waals surface area contributed by atoms with Gasteiger partial charge in [0.2, 0.25) is 0 Å². The second-order valence-electron chi connectivity index (χ2n) is 2.92. The molecule has 0 aliphatic rings. The Morgan fingerprint density at radius 3 is 2.42 bits per heavy atom. The normalized spacial score (nSPS) is 13.9. The first kappa shape index (κ1) is 11.6.